The lowest BCUT2D eigenvalue weighted by Crippen LogP contribution is -2.31. The number of ether oxygens (including phenoxy) is 1. The van der Waals surface area contributed by atoms with E-state index in [9.17, 15) is 4.79 Å². The molecule has 0 aromatic rings. The molecule has 1 heterocycles. The molecule has 1 rings (SSSR count). The van der Waals surface area contributed by atoms with Crippen LogP contribution < -0.4 is 0 Å². The Labute approximate surface area is 87.5 Å². The van der Waals surface area contributed by atoms with Crippen LogP contribution in [0.3, 0.4) is 0 Å². The Kier molecular flexibility index (Phi) is 3.33. The van der Waals surface area contributed by atoms with Crippen molar-refractivity contribution in [2.24, 2.45) is 0 Å². The zero-order valence-corrected chi connectivity index (χ0v) is 8.46. The van der Waals surface area contributed by atoms with Gasteiger partial charge in [0.25, 0.3) is 0 Å². The van der Waals surface area contributed by atoms with E-state index in [1.54, 1.807) is 0 Å². The third kappa shape index (κ3) is 1.86. The average molecular weight is 302 g/mol. The van der Waals surface area contributed by atoms with Crippen LogP contribution in [0, 0.1) is 0 Å². The minimum Gasteiger partial charge on any atom is -0.499 e. The first-order chi connectivity index (χ1) is 6.11. The van der Waals surface area contributed by atoms with Gasteiger partial charge >= 0.3 is 5.97 Å². The van der Waals surface area contributed by atoms with E-state index in [4.69, 9.17) is 15.3 Å². The topological polar surface area (TPSA) is 96.2 Å². The molecule has 0 bridgehead atoms. The lowest BCUT2D eigenvalue weighted by molar-refractivity contribution is -0.147. The van der Waals surface area contributed by atoms with Gasteiger partial charge in [-0.2, -0.15) is 0 Å². The Morgan fingerprint density at radius 3 is 2.77 bits per heavy atom. The van der Waals surface area contributed by atoms with Crippen LogP contribution in [-0.2, 0) is 12.6 Å². The van der Waals surface area contributed by atoms with Crippen molar-refractivity contribution in [2.75, 3.05) is 6.61 Å². The molecule has 0 fully saturated rings. The normalized spacial score (nSPS) is 24.5. The molecule has 7 heteroatoms. The number of carbonyl (C=O) groups excluding carboxylic acids is 1. The number of hydrogen-bond donors (Lipinski definition) is 3. The molecule has 1 aliphatic heterocycles. The van der Waals surface area contributed by atoms with Crippen molar-refractivity contribution in [3.63, 3.8) is 0 Å². The van der Waals surface area contributed by atoms with Gasteiger partial charge in [-0.3, -0.25) is 0 Å². The maximum absolute atomic E-state index is 10.8. The zero-order chi connectivity index (χ0) is 10.0. The summed E-state index contributed by atoms with van der Waals surface area (Å²) in [6, 6.07) is 0. The predicted octanol–water partition coefficient (Wildman–Crippen LogP) is -0.599. The summed E-state index contributed by atoms with van der Waals surface area (Å²) in [5.74, 6) is -1.82. The van der Waals surface area contributed by atoms with Crippen LogP contribution in [0.5, 0.6) is 0 Å². The Morgan fingerprint density at radius 1 is 1.69 bits per heavy atom. The summed E-state index contributed by atoms with van der Waals surface area (Å²) in [5.41, 5.74) is 0. The van der Waals surface area contributed by atoms with Gasteiger partial charge in [0, 0.05) is 0 Å². The fraction of sp³-hybridized carbons (Fsp3) is 0.500. The van der Waals surface area contributed by atoms with Crippen molar-refractivity contribution < 1.29 is 27.9 Å². The van der Waals surface area contributed by atoms with Crippen molar-refractivity contribution in [3.8, 4) is 0 Å². The number of aliphatic hydroxyl groups excluding tert-OH is 3. The monoisotopic (exact) mass is 302 g/mol. The fourth-order valence-electron chi connectivity index (χ4n) is 0.889. The quantitative estimate of drug-likeness (QED) is 0.476. The number of carbonyl (C=O) groups is 1. The number of esters is 1. The second kappa shape index (κ2) is 4.11. The van der Waals surface area contributed by atoms with E-state index in [0.717, 1.165) is 0 Å². The van der Waals surface area contributed by atoms with E-state index in [-0.39, 0.29) is 5.76 Å². The smallest absolute Gasteiger partial charge is 0.378 e. The summed E-state index contributed by atoms with van der Waals surface area (Å²) in [7, 11) is 0. The van der Waals surface area contributed by atoms with E-state index in [2.05, 4.69) is 7.80 Å². The van der Waals surface area contributed by atoms with Crippen molar-refractivity contribution in [1.29, 1.82) is 0 Å². The van der Waals surface area contributed by atoms with Crippen LogP contribution in [0.1, 0.15) is 0 Å². The molecule has 0 saturated carbocycles. The van der Waals surface area contributed by atoms with Crippen LogP contribution in [0.2, 0.25) is 0 Å². The molecule has 0 amide bonds. The van der Waals surface area contributed by atoms with Crippen LogP contribution in [0.25, 0.3) is 0 Å². The standard InChI is InChI=1S/C6H7IO6/c7-13-5-3(10)6(11)12-4(5)2(9)1-8/h2,4,8-10H,1H2/t2-,4+/m0/s1. The highest BCUT2D eigenvalue weighted by atomic mass is 127. The van der Waals surface area contributed by atoms with Gasteiger partial charge in [0.2, 0.25) is 11.5 Å². The van der Waals surface area contributed by atoms with Crippen LogP contribution >= 0.6 is 23.0 Å². The molecule has 0 radical (unpaired) electrons. The molecule has 6 nitrogen and oxygen atoms in total. The summed E-state index contributed by atoms with van der Waals surface area (Å²) in [4.78, 5) is 10.8. The summed E-state index contributed by atoms with van der Waals surface area (Å²) in [6.07, 6.45) is -2.42. The summed E-state index contributed by atoms with van der Waals surface area (Å²) < 4.78 is 9.14. The summed E-state index contributed by atoms with van der Waals surface area (Å²) in [6.45, 7) is -0.589. The van der Waals surface area contributed by atoms with Crippen LogP contribution in [-0.4, -0.2) is 40.1 Å². The van der Waals surface area contributed by atoms with Gasteiger partial charge in [-0.25, -0.2) is 4.79 Å². The highest BCUT2D eigenvalue weighted by Crippen LogP contribution is 2.26. The molecule has 2 atom stereocenters. The highest BCUT2D eigenvalue weighted by Gasteiger charge is 2.40. The SMILES string of the molecule is O=C1O[C@H]([C@@H](O)CO)C(OI)=C1O. The van der Waals surface area contributed by atoms with Crippen LogP contribution in [0.15, 0.2) is 11.5 Å². The van der Waals surface area contributed by atoms with Gasteiger partial charge in [0.05, 0.1) is 6.61 Å². The van der Waals surface area contributed by atoms with Gasteiger partial charge in [0.15, 0.2) is 29.1 Å². The average Bonchev–Trinajstić information content (AvgIpc) is 2.42. The summed E-state index contributed by atoms with van der Waals surface area (Å²) >= 11 is 1.44. The summed E-state index contributed by atoms with van der Waals surface area (Å²) in [5, 5.41) is 26.8. The lowest BCUT2D eigenvalue weighted by Gasteiger charge is -2.15. The second-order valence-corrected chi connectivity index (χ2v) is 2.81. The van der Waals surface area contributed by atoms with Crippen molar-refractivity contribution in [1.82, 2.24) is 0 Å². The molecule has 13 heavy (non-hydrogen) atoms. The van der Waals surface area contributed by atoms with Gasteiger partial charge < -0.3 is 23.1 Å². The number of halogens is 1. The van der Waals surface area contributed by atoms with Gasteiger partial charge in [-0.1, -0.05) is 0 Å². The maximum Gasteiger partial charge on any atom is 0.378 e. The third-order valence-corrected chi connectivity index (χ3v) is 2.01. The Hall–Kier alpha value is -0.540. The molecule has 0 aromatic heterocycles. The minimum absolute atomic E-state index is 0.174. The molecule has 3 N–H and O–H groups in total. The van der Waals surface area contributed by atoms with Crippen molar-refractivity contribution in [3.05, 3.63) is 11.5 Å². The Morgan fingerprint density at radius 2 is 2.31 bits per heavy atom. The second-order valence-electron chi connectivity index (χ2n) is 2.37. The fourth-order valence-corrected chi connectivity index (χ4v) is 1.35. The molecular formula is C6H7IO6. The first-order valence-electron chi connectivity index (χ1n) is 3.33. The van der Waals surface area contributed by atoms with E-state index in [1.807, 2.05) is 0 Å². The molecular weight excluding hydrogens is 295 g/mol. The molecule has 0 unspecified atom stereocenters. The van der Waals surface area contributed by atoms with E-state index < -0.39 is 30.5 Å². The molecule has 0 aliphatic carbocycles. The zero-order valence-electron chi connectivity index (χ0n) is 6.31. The molecule has 0 aromatic carbocycles. The van der Waals surface area contributed by atoms with Crippen LogP contribution in [0.4, 0.5) is 0 Å². The molecule has 0 spiro atoms. The Balaban J connectivity index is 2.86. The maximum atomic E-state index is 10.8. The lowest BCUT2D eigenvalue weighted by atomic mass is 10.2. The predicted molar refractivity (Wildman–Crippen MR) is 47.7 cm³/mol. The number of hydrogen-bond acceptors (Lipinski definition) is 6. The largest absolute Gasteiger partial charge is 0.499 e. The Bertz CT molecular complexity index is 250. The van der Waals surface area contributed by atoms with Gasteiger partial charge in [-0.15, -0.1) is 0 Å². The van der Waals surface area contributed by atoms with E-state index in [0.29, 0.717) is 0 Å². The third-order valence-electron chi connectivity index (χ3n) is 1.54. The molecule has 0 saturated heterocycles. The number of rotatable bonds is 3. The van der Waals surface area contributed by atoms with Gasteiger partial charge in [0.1, 0.15) is 6.10 Å². The molecule has 1 aliphatic rings. The first kappa shape index (κ1) is 10.5. The highest BCUT2D eigenvalue weighted by molar-refractivity contribution is 14.1. The van der Waals surface area contributed by atoms with E-state index in [1.165, 1.54) is 23.0 Å². The molecule has 74 valence electrons. The number of aliphatic hydroxyl groups is 3. The number of cyclic esters (lactones) is 1. The first-order valence-corrected chi connectivity index (χ1v) is 4.21. The van der Waals surface area contributed by atoms with Crippen molar-refractivity contribution in [2.45, 2.75) is 12.2 Å². The van der Waals surface area contributed by atoms with Gasteiger partial charge in [-0.05, 0) is 0 Å². The van der Waals surface area contributed by atoms with Crippen molar-refractivity contribution >= 4 is 29.0 Å². The minimum atomic E-state index is -1.29. The van der Waals surface area contributed by atoms with E-state index >= 15 is 0 Å².